The van der Waals surface area contributed by atoms with E-state index in [1.165, 1.54) is 6.20 Å². The van der Waals surface area contributed by atoms with E-state index in [0.29, 0.717) is 5.69 Å². The smallest absolute Gasteiger partial charge is 0.0705 e. The second-order valence-corrected chi connectivity index (χ2v) is 2.77. The summed E-state index contributed by atoms with van der Waals surface area (Å²) in [6.07, 6.45) is 2.53. The van der Waals surface area contributed by atoms with Gasteiger partial charge in [-0.25, -0.2) is 0 Å². The van der Waals surface area contributed by atoms with Gasteiger partial charge in [-0.2, -0.15) is 0 Å². The Kier molecular flexibility index (Phi) is 2.62. The van der Waals surface area contributed by atoms with Crippen molar-refractivity contribution in [2.24, 2.45) is 5.73 Å². The standard InChI is InChI=1S/C8H13N3O/c1-5(12)8(10)6-2-3-11-4-7(6)9/h2-5,8,12H,9-10H2,1H3/t5-,8-/m0/s1. The SMILES string of the molecule is C[C@H](O)[C@H](N)c1ccncc1N. The molecule has 0 aliphatic rings. The molecule has 1 aromatic heterocycles. The van der Waals surface area contributed by atoms with Gasteiger partial charge in [-0.1, -0.05) is 0 Å². The van der Waals surface area contributed by atoms with Crippen molar-refractivity contribution in [3.8, 4) is 0 Å². The Morgan fingerprint density at radius 2 is 2.25 bits per heavy atom. The molecule has 12 heavy (non-hydrogen) atoms. The molecule has 0 unspecified atom stereocenters. The maximum absolute atomic E-state index is 9.20. The topological polar surface area (TPSA) is 85.2 Å². The zero-order valence-corrected chi connectivity index (χ0v) is 6.94. The quantitative estimate of drug-likeness (QED) is 0.580. The number of rotatable bonds is 2. The van der Waals surface area contributed by atoms with E-state index in [9.17, 15) is 5.11 Å². The summed E-state index contributed by atoms with van der Waals surface area (Å²) in [5.74, 6) is 0. The fourth-order valence-electron chi connectivity index (χ4n) is 0.981. The molecular weight excluding hydrogens is 154 g/mol. The lowest BCUT2D eigenvalue weighted by Crippen LogP contribution is -2.24. The van der Waals surface area contributed by atoms with Crippen molar-refractivity contribution < 1.29 is 5.11 Å². The van der Waals surface area contributed by atoms with Gasteiger partial charge < -0.3 is 16.6 Å². The van der Waals surface area contributed by atoms with Crippen LogP contribution in [0.3, 0.4) is 0 Å². The molecule has 0 fully saturated rings. The highest BCUT2D eigenvalue weighted by molar-refractivity contribution is 5.45. The molecule has 1 heterocycles. The van der Waals surface area contributed by atoms with E-state index in [4.69, 9.17) is 11.5 Å². The Bertz CT molecular complexity index is 262. The fourth-order valence-corrected chi connectivity index (χ4v) is 0.981. The van der Waals surface area contributed by atoms with Crippen LogP contribution < -0.4 is 11.5 Å². The summed E-state index contributed by atoms with van der Waals surface area (Å²) in [6, 6.07) is 1.28. The molecule has 0 bridgehead atoms. The second-order valence-electron chi connectivity index (χ2n) is 2.77. The van der Waals surface area contributed by atoms with Crippen molar-refractivity contribution in [3.63, 3.8) is 0 Å². The molecular formula is C8H13N3O. The van der Waals surface area contributed by atoms with E-state index >= 15 is 0 Å². The van der Waals surface area contributed by atoms with Gasteiger partial charge in [0.15, 0.2) is 0 Å². The third-order valence-electron chi connectivity index (χ3n) is 1.77. The zero-order chi connectivity index (χ0) is 9.14. The van der Waals surface area contributed by atoms with Gasteiger partial charge in [0, 0.05) is 6.20 Å². The van der Waals surface area contributed by atoms with Crippen LogP contribution in [-0.4, -0.2) is 16.2 Å². The Morgan fingerprint density at radius 3 is 2.75 bits per heavy atom. The van der Waals surface area contributed by atoms with E-state index in [1.807, 2.05) is 0 Å². The van der Waals surface area contributed by atoms with Gasteiger partial charge in [-0.3, -0.25) is 4.98 Å². The Hall–Kier alpha value is -1.13. The van der Waals surface area contributed by atoms with Gasteiger partial charge in [0.25, 0.3) is 0 Å². The predicted octanol–water partition coefficient (Wildman–Crippen LogP) is 0.0444. The maximum Gasteiger partial charge on any atom is 0.0705 e. The number of aliphatic hydroxyl groups excluding tert-OH is 1. The number of anilines is 1. The summed E-state index contributed by atoms with van der Waals surface area (Å²) in [7, 11) is 0. The van der Waals surface area contributed by atoms with Crippen molar-refractivity contribution in [3.05, 3.63) is 24.0 Å². The lowest BCUT2D eigenvalue weighted by Gasteiger charge is -2.16. The van der Waals surface area contributed by atoms with Crippen LogP contribution in [0.1, 0.15) is 18.5 Å². The molecule has 4 heteroatoms. The van der Waals surface area contributed by atoms with E-state index in [-0.39, 0.29) is 0 Å². The fraction of sp³-hybridized carbons (Fsp3) is 0.375. The normalized spacial score (nSPS) is 15.6. The Morgan fingerprint density at radius 1 is 1.58 bits per heavy atom. The Labute approximate surface area is 71.2 Å². The number of nitrogens with two attached hydrogens (primary N) is 2. The van der Waals surface area contributed by atoms with Crippen molar-refractivity contribution in [2.75, 3.05) is 5.73 Å². The average molecular weight is 167 g/mol. The Balaban J connectivity index is 2.94. The van der Waals surface area contributed by atoms with Crippen molar-refractivity contribution in [1.82, 2.24) is 4.98 Å². The molecule has 0 saturated heterocycles. The molecule has 4 nitrogen and oxygen atoms in total. The molecule has 0 amide bonds. The number of hydrogen-bond donors (Lipinski definition) is 3. The highest BCUT2D eigenvalue weighted by Crippen LogP contribution is 2.19. The highest BCUT2D eigenvalue weighted by Gasteiger charge is 2.13. The summed E-state index contributed by atoms with van der Waals surface area (Å²) >= 11 is 0. The molecule has 5 N–H and O–H groups in total. The van der Waals surface area contributed by atoms with Gasteiger partial charge in [-0.05, 0) is 18.6 Å². The molecule has 0 aromatic carbocycles. The van der Waals surface area contributed by atoms with E-state index in [2.05, 4.69) is 4.98 Å². The monoisotopic (exact) mass is 167 g/mol. The van der Waals surface area contributed by atoms with Crippen molar-refractivity contribution in [2.45, 2.75) is 19.1 Å². The van der Waals surface area contributed by atoms with Crippen LogP contribution in [0, 0.1) is 0 Å². The number of aliphatic hydroxyl groups is 1. The first-order chi connectivity index (χ1) is 5.63. The van der Waals surface area contributed by atoms with Crippen LogP contribution in [0.5, 0.6) is 0 Å². The molecule has 0 spiro atoms. The molecule has 1 rings (SSSR count). The number of hydrogen-bond acceptors (Lipinski definition) is 4. The molecule has 0 saturated carbocycles. The molecule has 1 aromatic rings. The van der Waals surface area contributed by atoms with Gasteiger partial charge in [0.1, 0.15) is 0 Å². The van der Waals surface area contributed by atoms with Crippen LogP contribution in [0.4, 0.5) is 5.69 Å². The molecule has 0 radical (unpaired) electrons. The minimum Gasteiger partial charge on any atom is -0.397 e. The largest absolute Gasteiger partial charge is 0.397 e. The second kappa shape index (κ2) is 3.51. The predicted molar refractivity (Wildman–Crippen MR) is 47.3 cm³/mol. The highest BCUT2D eigenvalue weighted by atomic mass is 16.3. The van der Waals surface area contributed by atoms with Crippen LogP contribution in [0.25, 0.3) is 0 Å². The third-order valence-corrected chi connectivity index (χ3v) is 1.77. The summed E-state index contributed by atoms with van der Waals surface area (Å²) in [5, 5.41) is 9.20. The van der Waals surface area contributed by atoms with Crippen molar-refractivity contribution >= 4 is 5.69 Å². The van der Waals surface area contributed by atoms with Crippen LogP contribution >= 0.6 is 0 Å². The van der Waals surface area contributed by atoms with E-state index in [1.54, 1.807) is 19.2 Å². The van der Waals surface area contributed by atoms with Gasteiger partial charge in [0.05, 0.1) is 24.0 Å². The minimum atomic E-state index is -0.602. The van der Waals surface area contributed by atoms with Crippen LogP contribution in [-0.2, 0) is 0 Å². The minimum absolute atomic E-state index is 0.437. The summed E-state index contributed by atoms with van der Waals surface area (Å²) in [6.45, 7) is 1.63. The molecule has 0 aliphatic carbocycles. The first kappa shape index (κ1) is 8.96. The van der Waals surface area contributed by atoms with Crippen LogP contribution in [0.2, 0.25) is 0 Å². The van der Waals surface area contributed by atoms with Gasteiger partial charge in [0.2, 0.25) is 0 Å². The molecule has 66 valence electrons. The van der Waals surface area contributed by atoms with E-state index < -0.39 is 12.1 Å². The van der Waals surface area contributed by atoms with Crippen LogP contribution in [0.15, 0.2) is 18.5 Å². The zero-order valence-electron chi connectivity index (χ0n) is 6.94. The first-order valence-electron chi connectivity index (χ1n) is 3.76. The first-order valence-corrected chi connectivity index (χ1v) is 3.76. The summed E-state index contributed by atoms with van der Waals surface area (Å²) < 4.78 is 0. The number of nitrogen functional groups attached to an aromatic ring is 1. The summed E-state index contributed by atoms with van der Waals surface area (Å²) in [5.41, 5.74) is 12.5. The average Bonchev–Trinajstić information content (AvgIpc) is 2.04. The maximum atomic E-state index is 9.20. The number of nitrogens with zero attached hydrogens (tertiary/aromatic N) is 1. The molecule has 0 aliphatic heterocycles. The lowest BCUT2D eigenvalue weighted by atomic mass is 10.0. The lowest BCUT2D eigenvalue weighted by molar-refractivity contribution is 0.164. The van der Waals surface area contributed by atoms with E-state index in [0.717, 1.165) is 5.56 Å². The number of aromatic nitrogens is 1. The van der Waals surface area contributed by atoms with Gasteiger partial charge in [-0.15, -0.1) is 0 Å². The van der Waals surface area contributed by atoms with Gasteiger partial charge >= 0.3 is 0 Å². The summed E-state index contributed by atoms with van der Waals surface area (Å²) in [4.78, 5) is 3.82. The number of pyridine rings is 1. The molecule has 2 atom stereocenters. The van der Waals surface area contributed by atoms with Crippen molar-refractivity contribution in [1.29, 1.82) is 0 Å². The third kappa shape index (κ3) is 1.72.